The van der Waals surface area contributed by atoms with Gasteiger partial charge in [-0.1, -0.05) is 0 Å². The van der Waals surface area contributed by atoms with Gasteiger partial charge in [-0.2, -0.15) is 0 Å². The lowest BCUT2D eigenvalue weighted by Gasteiger charge is -2.29. The number of hydrogen-bond acceptors (Lipinski definition) is 4. The fourth-order valence-corrected chi connectivity index (χ4v) is 2.14. The number of rotatable bonds is 5. The zero-order valence-electron chi connectivity index (χ0n) is 11.5. The minimum absolute atomic E-state index is 0.0346. The number of ether oxygens (including phenoxy) is 1. The van der Waals surface area contributed by atoms with Gasteiger partial charge >= 0.3 is 0 Å². The molecule has 1 N–H and O–H groups in total. The Morgan fingerprint density at radius 3 is 2.90 bits per heavy atom. The highest BCUT2D eigenvalue weighted by atomic mass is 16.5. The van der Waals surface area contributed by atoms with Gasteiger partial charge in [0.15, 0.2) is 0 Å². The molecule has 1 saturated heterocycles. The molecule has 1 aliphatic heterocycles. The first-order valence-corrected chi connectivity index (χ1v) is 6.75. The summed E-state index contributed by atoms with van der Waals surface area (Å²) in [7, 11) is 0. The van der Waals surface area contributed by atoms with E-state index in [1.807, 2.05) is 19.1 Å². The van der Waals surface area contributed by atoms with Crippen LogP contribution in [0.4, 0.5) is 0 Å². The summed E-state index contributed by atoms with van der Waals surface area (Å²) in [6.45, 7) is 3.43. The third kappa shape index (κ3) is 3.77. The highest BCUT2D eigenvalue weighted by Gasteiger charge is 2.28. The average molecular weight is 277 g/mol. The first kappa shape index (κ1) is 14.5. The standard InChI is InChI=1S/C14H19N3O3/c1-2-17(8-5-11-3-6-15-7-4-11)14(19)12-9-20-10-13(18)16-12/h3-4,6-7,12H,2,5,8-10H2,1H3,(H,16,18). The maximum Gasteiger partial charge on any atom is 0.247 e. The lowest BCUT2D eigenvalue weighted by Crippen LogP contribution is -2.55. The molecule has 0 aromatic carbocycles. The molecule has 2 heterocycles. The Labute approximate surface area is 118 Å². The lowest BCUT2D eigenvalue weighted by molar-refractivity contribution is -0.144. The molecule has 0 saturated carbocycles. The molecular formula is C14H19N3O3. The number of nitrogens with zero attached hydrogens (tertiary/aromatic N) is 2. The van der Waals surface area contributed by atoms with E-state index in [1.165, 1.54) is 0 Å². The van der Waals surface area contributed by atoms with Crippen molar-refractivity contribution >= 4 is 11.8 Å². The number of carbonyl (C=O) groups excluding carboxylic acids is 2. The van der Waals surface area contributed by atoms with E-state index in [1.54, 1.807) is 17.3 Å². The number of hydrogen-bond donors (Lipinski definition) is 1. The molecule has 1 aromatic rings. The number of nitrogens with one attached hydrogen (secondary N) is 1. The maximum atomic E-state index is 12.3. The van der Waals surface area contributed by atoms with E-state index < -0.39 is 6.04 Å². The molecule has 108 valence electrons. The van der Waals surface area contributed by atoms with E-state index >= 15 is 0 Å². The Balaban J connectivity index is 1.90. The van der Waals surface area contributed by atoms with E-state index in [0.29, 0.717) is 13.1 Å². The molecule has 0 bridgehead atoms. The fraction of sp³-hybridized carbons (Fsp3) is 0.500. The van der Waals surface area contributed by atoms with E-state index in [2.05, 4.69) is 10.3 Å². The predicted molar refractivity (Wildman–Crippen MR) is 72.9 cm³/mol. The van der Waals surface area contributed by atoms with Gasteiger partial charge in [0.1, 0.15) is 12.6 Å². The van der Waals surface area contributed by atoms with Crippen molar-refractivity contribution in [1.29, 1.82) is 0 Å². The van der Waals surface area contributed by atoms with Crippen molar-refractivity contribution in [2.24, 2.45) is 0 Å². The molecule has 20 heavy (non-hydrogen) atoms. The Morgan fingerprint density at radius 1 is 1.50 bits per heavy atom. The van der Waals surface area contributed by atoms with Crippen molar-refractivity contribution in [3.8, 4) is 0 Å². The Hall–Kier alpha value is -1.95. The summed E-state index contributed by atoms with van der Waals surface area (Å²) in [6.07, 6.45) is 4.24. The van der Waals surface area contributed by atoms with Crippen molar-refractivity contribution in [2.75, 3.05) is 26.3 Å². The molecule has 2 amide bonds. The van der Waals surface area contributed by atoms with Crippen LogP contribution < -0.4 is 5.32 Å². The van der Waals surface area contributed by atoms with Gasteiger partial charge in [-0.15, -0.1) is 0 Å². The van der Waals surface area contributed by atoms with Crippen molar-refractivity contribution in [1.82, 2.24) is 15.2 Å². The number of carbonyl (C=O) groups is 2. The largest absolute Gasteiger partial charge is 0.369 e. The van der Waals surface area contributed by atoms with Gasteiger partial charge in [-0.3, -0.25) is 14.6 Å². The predicted octanol–water partition coefficient (Wildman–Crippen LogP) is -0.0124. The summed E-state index contributed by atoms with van der Waals surface area (Å²) in [5, 5.41) is 2.66. The quantitative estimate of drug-likeness (QED) is 0.821. The zero-order chi connectivity index (χ0) is 14.4. The lowest BCUT2D eigenvalue weighted by atomic mass is 10.1. The van der Waals surface area contributed by atoms with Gasteiger partial charge < -0.3 is 15.0 Å². The van der Waals surface area contributed by atoms with E-state index in [9.17, 15) is 9.59 Å². The van der Waals surface area contributed by atoms with Gasteiger partial charge in [0, 0.05) is 25.5 Å². The molecule has 1 unspecified atom stereocenters. The highest BCUT2D eigenvalue weighted by Crippen LogP contribution is 2.04. The van der Waals surface area contributed by atoms with E-state index in [4.69, 9.17) is 4.74 Å². The fourth-order valence-electron chi connectivity index (χ4n) is 2.14. The van der Waals surface area contributed by atoms with Crippen LogP contribution in [0.1, 0.15) is 12.5 Å². The van der Waals surface area contributed by atoms with Crippen molar-refractivity contribution in [3.05, 3.63) is 30.1 Å². The first-order chi connectivity index (χ1) is 9.70. The molecule has 0 radical (unpaired) electrons. The molecular weight excluding hydrogens is 258 g/mol. The Morgan fingerprint density at radius 2 is 2.25 bits per heavy atom. The van der Waals surface area contributed by atoms with Crippen LogP contribution in [-0.2, 0) is 20.7 Å². The summed E-state index contributed by atoms with van der Waals surface area (Å²) >= 11 is 0. The number of morpholine rings is 1. The molecule has 6 nitrogen and oxygen atoms in total. The monoisotopic (exact) mass is 277 g/mol. The molecule has 1 aliphatic rings. The van der Waals surface area contributed by atoms with E-state index in [-0.39, 0.29) is 25.0 Å². The van der Waals surface area contributed by atoms with Crippen LogP contribution in [-0.4, -0.2) is 54.0 Å². The average Bonchev–Trinajstić information content (AvgIpc) is 2.48. The third-order valence-electron chi connectivity index (χ3n) is 3.26. The first-order valence-electron chi connectivity index (χ1n) is 6.75. The molecule has 2 rings (SSSR count). The Kier molecular flexibility index (Phi) is 5.06. The number of amides is 2. The van der Waals surface area contributed by atoms with Crippen LogP contribution in [0.3, 0.4) is 0 Å². The van der Waals surface area contributed by atoms with Crippen molar-refractivity contribution in [3.63, 3.8) is 0 Å². The summed E-state index contributed by atoms with van der Waals surface area (Å²) in [4.78, 5) is 29.3. The van der Waals surface area contributed by atoms with Crippen LogP contribution >= 0.6 is 0 Å². The van der Waals surface area contributed by atoms with Crippen molar-refractivity contribution < 1.29 is 14.3 Å². The third-order valence-corrected chi connectivity index (χ3v) is 3.26. The summed E-state index contributed by atoms with van der Waals surface area (Å²) in [6, 6.07) is 3.31. The van der Waals surface area contributed by atoms with Gasteiger partial charge in [0.2, 0.25) is 11.8 Å². The second-order valence-corrected chi connectivity index (χ2v) is 4.66. The molecule has 6 heteroatoms. The minimum Gasteiger partial charge on any atom is -0.369 e. The van der Waals surface area contributed by atoms with Crippen LogP contribution in [0.15, 0.2) is 24.5 Å². The van der Waals surface area contributed by atoms with Crippen LogP contribution in [0.25, 0.3) is 0 Å². The number of pyridine rings is 1. The molecule has 0 spiro atoms. The van der Waals surface area contributed by atoms with Gasteiger partial charge in [0.05, 0.1) is 6.61 Å². The molecule has 1 aromatic heterocycles. The second-order valence-electron chi connectivity index (χ2n) is 4.66. The summed E-state index contributed by atoms with van der Waals surface area (Å²) in [5.41, 5.74) is 1.13. The molecule has 0 aliphatic carbocycles. The highest BCUT2D eigenvalue weighted by molar-refractivity contribution is 5.89. The van der Waals surface area contributed by atoms with E-state index in [0.717, 1.165) is 12.0 Å². The van der Waals surface area contributed by atoms with Crippen LogP contribution in [0, 0.1) is 0 Å². The zero-order valence-corrected chi connectivity index (χ0v) is 11.5. The SMILES string of the molecule is CCN(CCc1ccncc1)C(=O)C1COCC(=O)N1. The van der Waals surface area contributed by atoms with Gasteiger partial charge in [-0.25, -0.2) is 0 Å². The smallest absolute Gasteiger partial charge is 0.247 e. The Bertz CT molecular complexity index is 464. The topological polar surface area (TPSA) is 71.5 Å². The maximum absolute atomic E-state index is 12.3. The summed E-state index contributed by atoms with van der Waals surface area (Å²) < 4.78 is 5.11. The summed E-state index contributed by atoms with van der Waals surface area (Å²) in [5.74, 6) is -0.325. The van der Waals surface area contributed by atoms with Gasteiger partial charge in [-0.05, 0) is 31.0 Å². The van der Waals surface area contributed by atoms with Gasteiger partial charge in [0.25, 0.3) is 0 Å². The van der Waals surface area contributed by atoms with Crippen LogP contribution in [0.5, 0.6) is 0 Å². The van der Waals surface area contributed by atoms with Crippen LogP contribution in [0.2, 0.25) is 0 Å². The molecule has 1 fully saturated rings. The minimum atomic E-state index is -0.561. The number of likely N-dealkylation sites (N-methyl/N-ethyl adjacent to an activating group) is 1. The number of aromatic nitrogens is 1. The molecule has 1 atom stereocenters. The van der Waals surface area contributed by atoms with Crippen molar-refractivity contribution in [2.45, 2.75) is 19.4 Å². The second kappa shape index (κ2) is 7.00. The normalized spacial score (nSPS) is 18.4.